The first-order valence-electron chi connectivity index (χ1n) is 6.16. The molecule has 0 aliphatic heterocycles. The van der Waals surface area contributed by atoms with E-state index in [0.717, 1.165) is 19.3 Å². The zero-order valence-electron chi connectivity index (χ0n) is 10.6. The molecule has 3 nitrogen and oxygen atoms in total. The fraction of sp³-hybridized carbons (Fsp3) is 0.538. The average Bonchev–Trinajstić information content (AvgIpc) is 2.23. The van der Waals surface area contributed by atoms with Gasteiger partial charge in [0.15, 0.2) is 0 Å². The van der Waals surface area contributed by atoms with Gasteiger partial charge < -0.3 is 15.6 Å². The van der Waals surface area contributed by atoms with E-state index in [1.165, 1.54) is 18.2 Å². The number of halogens is 4. The Bertz CT molecular complexity index is 438. The van der Waals surface area contributed by atoms with Crippen molar-refractivity contribution >= 4 is 12.4 Å². The lowest BCUT2D eigenvalue weighted by Gasteiger charge is -2.33. The third kappa shape index (κ3) is 4.26. The Morgan fingerprint density at radius 3 is 2.45 bits per heavy atom. The third-order valence-electron chi connectivity index (χ3n) is 3.48. The van der Waals surface area contributed by atoms with Crippen molar-refractivity contribution in [3.63, 3.8) is 0 Å². The Hall–Kier alpha value is -0.980. The van der Waals surface area contributed by atoms with Gasteiger partial charge in [0.2, 0.25) is 0 Å². The van der Waals surface area contributed by atoms with Crippen molar-refractivity contribution in [1.29, 1.82) is 0 Å². The molecule has 0 unspecified atom stereocenters. The molecule has 1 aromatic carbocycles. The number of aliphatic hydroxyl groups is 1. The highest BCUT2D eigenvalue weighted by atomic mass is 35.5. The van der Waals surface area contributed by atoms with Crippen molar-refractivity contribution in [3.05, 3.63) is 29.8 Å². The summed E-state index contributed by atoms with van der Waals surface area (Å²) in [5.74, 6) is -0.177. The summed E-state index contributed by atoms with van der Waals surface area (Å²) in [7, 11) is 0. The molecule has 0 heterocycles. The van der Waals surface area contributed by atoms with E-state index in [1.54, 1.807) is 6.07 Å². The largest absolute Gasteiger partial charge is 0.573 e. The number of aliphatic hydroxyl groups excluding tert-OH is 1. The average molecular weight is 312 g/mol. The lowest BCUT2D eigenvalue weighted by atomic mass is 9.77. The number of benzene rings is 1. The summed E-state index contributed by atoms with van der Waals surface area (Å²) < 4.78 is 40.2. The van der Waals surface area contributed by atoms with E-state index in [-0.39, 0.29) is 24.1 Å². The van der Waals surface area contributed by atoms with E-state index in [1.807, 2.05) is 0 Å². The first kappa shape index (κ1) is 17.1. The standard InChI is InChI=1S/C13H16F3NO2.ClH/c14-13(15,16)19-10-6-2-5-9(7-10)11(17)12(18)8-3-1-4-8;/h2,5-8,11-12,18H,1,3-4,17H2;1H/t11-,12+;/m0./s1. The minimum atomic E-state index is -4.73. The fourth-order valence-corrected chi connectivity index (χ4v) is 2.19. The lowest BCUT2D eigenvalue weighted by Crippen LogP contribution is -2.36. The zero-order valence-corrected chi connectivity index (χ0v) is 11.5. The van der Waals surface area contributed by atoms with Crippen LogP contribution in [0, 0.1) is 5.92 Å². The second kappa shape index (κ2) is 6.65. The van der Waals surface area contributed by atoms with E-state index >= 15 is 0 Å². The highest BCUT2D eigenvalue weighted by Crippen LogP contribution is 2.35. The highest BCUT2D eigenvalue weighted by Gasteiger charge is 2.33. The molecule has 1 saturated carbocycles. The van der Waals surface area contributed by atoms with Crippen molar-refractivity contribution in [3.8, 4) is 5.75 Å². The van der Waals surface area contributed by atoms with E-state index in [4.69, 9.17) is 5.73 Å². The van der Waals surface area contributed by atoms with Crippen LogP contribution in [0.15, 0.2) is 24.3 Å². The Morgan fingerprint density at radius 2 is 1.95 bits per heavy atom. The van der Waals surface area contributed by atoms with Gasteiger partial charge in [-0.25, -0.2) is 0 Å². The SMILES string of the molecule is Cl.N[C@@H](c1cccc(OC(F)(F)F)c1)[C@H](O)C1CCC1. The van der Waals surface area contributed by atoms with Gasteiger partial charge >= 0.3 is 6.36 Å². The molecule has 0 amide bonds. The van der Waals surface area contributed by atoms with E-state index < -0.39 is 18.5 Å². The molecular weight excluding hydrogens is 295 g/mol. The smallest absolute Gasteiger partial charge is 0.406 e. The Morgan fingerprint density at radius 1 is 1.30 bits per heavy atom. The van der Waals surface area contributed by atoms with Gasteiger partial charge in [0, 0.05) is 0 Å². The van der Waals surface area contributed by atoms with Crippen LogP contribution >= 0.6 is 12.4 Å². The van der Waals surface area contributed by atoms with Gasteiger partial charge in [-0.1, -0.05) is 18.6 Å². The predicted molar refractivity (Wildman–Crippen MR) is 70.6 cm³/mol. The summed E-state index contributed by atoms with van der Waals surface area (Å²) in [6.45, 7) is 0. The molecule has 2 atom stereocenters. The molecule has 0 spiro atoms. The molecule has 1 aliphatic rings. The predicted octanol–water partition coefficient (Wildman–Crippen LogP) is 3.17. The third-order valence-corrected chi connectivity index (χ3v) is 3.48. The first-order valence-corrected chi connectivity index (χ1v) is 6.16. The normalized spacial score (nSPS) is 18.6. The molecule has 1 aliphatic carbocycles. The van der Waals surface area contributed by atoms with E-state index in [9.17, 15) is 18.3 Å². The van der Waals surface area contributed by atoms with Gasteiger partial charge in [-0.3, -0.25) is 0 Å². The van der Waals surface area contributed by atoms with E-state index in [2.05, 4.69) is 4.74 Å². The van der Waals surface area contributed by atoms with Crippen molar-refractivity contribution in [2.75, 3.05) is 0 Å². The summed E-state index contributed by atoms with van der Waals surface area (Å²) in [4.78, 5) is 0. The first-order chi connectivity index (χ1) is 8.87. The second-order valence-corrected chi connectivity index (χ2v) is 4.83. The van der Waals surface area contributed by atoms with Crippen molar-refractivity contribution in [2.24, 2.45) is 11.7 Å². The molecule has 3 N–H and O–H groups in total. The van der Waals surface area contributed by atoms with Gasteiger partial charge in [-0.15, -0.1) is 25.6 Å². The molecule has 7 heteroatoms. The lowest BCUT2D eigenvalue weighted by molar-refractivity contribution is -0.274. The van der Waals surface area contributed by atoms with Crippen LogP contribution in [-0.4, -0.2) is 17.6 Å². The Kier molecular flexibility index (Phi) is 5.68. The van der Waals surface area contributed by atoms with Gasteiger partial charge in [-0.05, 0) is 36.5 Å². The number of ether oxygens (including phenoxy) is 1. The van der Waals surface area contributed by atoms with Crippen LogP contribution in [0.3, 0.4) is 0 Å². The Labute approximate surface area is 121 Å². The molecule has 114 valence electrons. The summed E-state index contributed by atoms with van der Waals surface area (Å²) in [6, 6.07) is 4.76. The molecule has 1 fully saturated rings. The maximum atomic E-state index is 12.1. The summed E-state index contributed by atoms with van der Waals surface area (Å²) >= 11 is 0. The van der Waals surface area contributed by atoms with Crippen LogP contribution in [0.4, 0.5) is 13.2 Å². The Balaban J connectivity index is 0.00000200. The number of rotatable bonds is 4. The topological polar surface area (TPSA) is 55.5 Å². The number of hydrogen-bond acceptors (Lipinski definition) is 3. The second-order valence-electron chi connectivity index (χ2n) is 4.83. The number of hydrogen-bond donors (Lipinski definition) is 2. The molecule has 0 bridgehead atoms. The van der Waals surface area contributed by atoms with Gasteiger partial charge in [-0.2, -0.15) is 0 Å². The molecule has 2 rings (SSSR count). The van der Waals surface area contributed by atoms with Gasteiger partial charge in [0.25, 0.3) is 0 Å². The van der Waals surface area contributed by atoms with Gasteiger partial charge in [0.05, 0.1) is 12.1 Å². The van der Waals surface area contributed by atoms with Crippen molar-refractivity contribution in [2.45, 2.75) is 37.8 Å². The highest BCUT2D eigenvalue weighted by molar-refractivity contribution is 5.85. The van der Waals surface area contributed by atoms with Crippen molar-refractivity contribution in [1.82, 2.24) is 0 Å². The van der Waals surface area contributed by atoms with Gasteiger partial charge in [0.1, 0.15) is 5.75 Å². The minimum Gasteiger partial charge on any atom is -0.406 e. The maximum absolute atomic E-state index is 12.1. The minimum absolute atomic E-state index is 0. The molecule has 20 heavy (non-hydrogen) atoms. The van der Waals surface area contributed by atoms with Crippen LogP contribution in [0.5, 0.6) is 5.75 Å². The zero-order chi connectivity index (χ0) is 14.0. The van der Waals surface area contributed by atoms with Crippen molar-refractivity contribution < 1.29 is 23.0 Å². The van der Waals surface area contributed by atoms with Crippen LogP contribution < -0.4 is 10.5 Å². The molecule has 0 aromatic heterocycles. The quantitative estimate of drug-likeness (QED) is 0.898. The molecular formula is C13H17ClF3NO2. The number of alkyl halides is 3. The van der Waals surface area contributed by atoms with Crippen LogP contribution in [0.2, 0.25) is 0 Å². The van der Waals surface area contributed by atoms with Crippen LogP contribution in [-0.2, 0) is 0 Å². The summed E-state index contributed by atoms with van der Waals surface area (Å²) in [5, 5.41) is 10.0. The number of nitrogens with two attached hydrogens (primary N) is 1. The molecule has 0 radical (unpaired) electrons. The molecule has 1 aromatic rings. The van der Waals surface area contributed by atoms with Crippen LogP contribution in [0.1, 0.15) is 30.9 Å². The summed E-state index contributed by atoms with van der Waals surface area (Å²) in [6.07, 6.45) is -2.57. The van der Waals surface area contributed by atoms with Crippen LogP contribution in [0.25, 0.3) is 0 Å². The molecule has 0 saturated heterocycles. The summed E-state index contributed by atoms with van der Waals surface area (Å²) in [5.41, 5.74) is 6.34. The maximum Gasteiger partial charge on any atom is 0.573 e. The van der Waals surface area contributed by atoms with E-state index in [0.29, 0.717) is 5.56 Å². The fourth-order valence-electron chi connectivity index (χ4n) is 2.19. The monoisotopic (exact) mass is 311 g/mol.